The minimum Gasteiger partial charge on any atom is -0.353 e. The lowest BCUT2D eigenvalue weighted by atomic mass is 9.82. The Hall–Kier alpha value is -1.75. The van der Waals surface area contributed by atoms with Gasteiger partial charge in [0.05, 0.1) is 0 Å². The van der Waals surface area contributed by atoms with E-state index in [1.165, 1.54) is 0 Å². The van der Waals surface area contributed by atoms with Crippen molar-refractivity contribution in [3.63, 3.8) is 0 Å². The number of nitrogens with one attached hydrogen (secondary N) is 1. The number of rotatable bonds is 6. The Balaban J connectivity index is 1.77. The molecule has 120 valence electrons. The Morgan fingerprint density at radius 1 is 1.27 bits per heavy atom. The van der Waals surface area contributed by atoms with E-state index >= 15 is 0 Å². The van der Waals surface area contributed by atoms with Gasteiger partial charge < -0.3 is 11.1 Å². The van der Waals surface area contributed by atoms with Crippen LogP contribution in [0, 0.1) is 12.8 Å². The minimum atomic E-state index is 0.0351. The highest BCUT2D eigenvalue weighted by Crippen LogP contribution is 2.28. The Morgan fingerprint density at radius 2 is 2.00 bits per heavy atom. The molecule has 1 aliphatic carbocycles. The molecule has 1 amide bonds. The molecule has 22 heavy (non-hydrogen) atoms. The predicted molar refractivity (Wildman–Crippen MR) is 85.5 cm³/mol. The van der Waals surface area contributed by atoms with Gasteiger partial charge in [0, 0.05) is 43.4 Å². The van der Waals surface area contributed by atoms with Crippen molar-refractivity contribution in [3.05, 3.63) is 29.6 Å². The first-order valence-corrected chi connectivity index (χ1v) is 8.02. The quantitative estimate of drug-likeness (QED) is 0.787. The predicted octanol–water partition coefficient (Wildman–Crippen LogP) is 1.99. The molecule has 3 N–H and O–H groups in total. The third-order valence-corrected chi connectivity index (χ3v) is 4.25. The number of carbonyl (C=O) groups excluding carboxylic acids is 2. The smallest absolute Gasteiger partial charge is 0.221 e. The summed E-state index contributed by atoms with van der Waals surface area (Å²) in [5.41, 5.74) is 7.09. The highest BCUT2D eigenvalue weighted by molar-refractivity contribution is 5.96. The standard InChI is InChI=1S/C17H25N3O2/c1-12-8-14(11-19-10-12)16(21)9-13-2-4-15(5-3-13)20-17(22)6-7-18/h8,10-11,13,15H,2-7,9,18H2,1H3,(H,20,22). The van der Waals surface area contributed by atoms with E-state index in [9.17, 15) is 9.59 Å². The lowest BCUT2D eigenvalue weighted by molar-refractivity contribution is -0.121. The summed E-state index contributed by atoms with van der Waals surface area (Å²) >= 11 is 0. The third kappa shape index (κ3) is 4.91. The summed E-state index contributed by atoms with van der Waals surface area (Å²) in [5, 5.41) is 3.02. The van der Waals surface area contributed by atoms with Gasteiger partial charge in [-0.25, -0.2) is 0 Å². The number of aryl methyl sites for hydroxylation is 1. The Labute approximate surface area is 131 Å². The van der Waals surface area contributed by atoms with Gasteiger partial charge in [-0.15, -0.1) is 0 Å². The van der Waals surface area contributed by atoms with Crippen LogP contribution in [0.5, 0.6) is 0 Å². The van der Waals surface area contributed by atoms with Crippen molar-refractivity contribution < 1.29 is 9.59 Å². The number of carbonyl (C=O) groups is 2. The zero-order chi connectivity index (χ0) is 15.9. The molecule has 0 radical (unpaired) electrons. The third-order valence-electron chi connectivity index (χ3n) is 4.25. The SMILES string of the molecule is Cc1cncc(C(=O)CC2CCC(NC(=O)CCN)CC2)c1. The van der Waals surface area contributed by atoms with Gasteiger partial charge in [-0.3, -0.25) is 14.6 Å². The van der Waals surface area contributed by atoms with Crippen LogP contribution >= 0.6 is 0 Å². The molecular weight excluding hydrogens is 278 g/mol. The van der Waals surface area contributed by atoms with Crippen LogP contribution in [0.15, 0.2) is 18.5 Å². The van der Waals surface area contributed by atoms with Crippen molar-refractivity contribution in [2.75, 3.05) is 6.54 Å². The average Bonchev–Trinajstić information content (AvgIpc) is 2.49. The highest BCUT2D eigenvalue weighted by atomic mass is 16.1. The Bertz CT molecular complexity index is 522. The largest absolute Gasteiger partial charge is 0.353 e. The van der Waals surface area contributed by atoms with Crippen LogP contribution in [0.3, 0.4) is 0 Å². The van der Waals surface area contributed by atoms with E-state index in [0.717, 1.165) is 31.2 Å². The van der Waals surface area contributed by atoms with Gasteiger partial charge in [-0.05, 0) is 50.2 Å². The van der Waals surface area contributed by atoms with Crippen LogP contribution in [0.2, 0.25) is 0 Å². The van der Waals surface area contributed by atoms with Crippen LogP contribution in [0.4, 0.5) is 0 Å². The summed E-state index contributed by atoms with van der Waals surface area (Å²) in [6, 6.07) is 2.14. The fourth-order valence-electron chi connectivity index (χ4n) is 3.03. The molecule has 5 heteroatoms. The van der Waals surface area contributed by atoms with Gasteiger partial charge in [0.15, 0.2) is 5.78 Å². The van der Waals surface area contributed by atoms with Crippen LogP contribution in [-0.4, -0.2) is 29.3 Å². The fraction of sp³-hybridized carbons (Fsp3) is 0.588. The van der Waals surface area contributed by atoms with E-state index in [4.69, 9.17) is 5.73 Å². The van der Waals surface area contributed by atoms with Gasteiger partial charge in [-0.1, -0.05) is 0 Å². The molecule has 0 unspecified atom stereocenters. The molecule has 0 spiro atoms. The van der Waals surface area contributed by atoms with E-state index in [2.05, 4.69) is 10.3 Å². The summed E-state index contributed by atoms with van der Waals surface area (Å²) in [6.07, 6.45) is 8.23. The number of Topliss-reactive ketones (excluding diaryl/α,β-unsaturated/α-hetero) is 1. The minimum absolute atomic E-state index is 0.0351. The summed E-state index contributed by atoms with van der Waals surface area (Å²) in [5.74, 6) is 0.621. The van der Waals surface area contributed by atoms with E-state index < -0.39 is 0 Å². The molecule has 0 saturated heterocycles. The van der Waals surface area contributed by atoms with Gasteiger partial charge in [0.25, 0.3) is 0 Å². The molecule has 0 aliphatic heterocycles. The fourth-order valence-corrected chi connectivity index (χ4v) is 3.03. The number of aromatic nitrogens is 1. The van der Waals surface area contributed by atoms with Crippen molar-refractivity contribution >= 4 is 11.7 Å². The van der Waals surface area contributed by atoms with Crippen molar-refractivity contribution in [1.29, 1.82) is 0 Å². The first kappa shape index (κ1) is 16.6. The van der Waals surface area contributed by atoms with E-state index in [1.54, 1.807) is 12.4 Å². The molecule has 0 aromatic carbocycles. The lowest BCUT2D eigenvalue weighted by Gasteiger charge is -2.28. The molecule has 0 atom stereocenters. The Morgan fingerprint density at radius 3 is 2.64 bits per heavy atom. The summed E-state index contributed by atoms with van der Waals surface area (Å²) in [6.45, 7) is 2.33. The van der Waals surface area contributed by atoms with Crippen molar-refractivity contribution in [3.8, 4) is 0 Å². The van der Waals surface area contributed by atoms with Gasteiger partial charge in [0.2, 0.25) is 5.91 Å². The lowest BCUT2D eigenvalue weighted by Crippen LogP contribution is -2.38. The second kappa shape index (κ2) is 8.03. The van der Waals surface area contributed by atoms with E-state index in [-0.39, 0.29) is 17.7 Å². The maximum atomic E-state index is 12.3. The van der Waals surface area contributed by atoms with E-state index in [0.29, 0.717) is 30.9 Å². The summed E-state index contributed by atoms with van der Waals surface area (Å²) in [7, 11) is 0. The number of hydrogen-bond acceptors (Lipinski definition) is 4. The van der Waals surface area contributed by atoms with Crippen LogP contribution < -0.4 is 11.1 Å². The number of hydrogen-bond donors (Lipinski definition) is 2. The second-order valence-electron chi connectivity index (χ2n) is 6.20. The number of nitrogens with two attached hydrogens (primary N) is 1. The van der Waals surface area contributed by atoms with Gasteiger partial charge >= 0.3 is 0 Å². The summed E-state index contributed by atoms with van der Waals surface area (Å²) in [4.78, 5) is 27.9. The van der Waals surface area contributed by atoms with Crippen LogP contribution in [0.1, 0.15) is 54.4 Å². The first-order chi connectivity index (χ1) is 10.6. The maximum Gasteiger partial charge on any atom is 0.221 e. The van der Waals surface area contributed by atoms with Crippen LogP contribution in [0.25, 0.3) is 0 Å². The second-order valence-corrected chi connectivity index (χ2v) is 6.20. The number of ketones is 1. The summed E-state index contributed by atoms with van der Waals surface area (Å²) < 4.78 is 0. The number of nitrogens with zero attached hydrogens (tertiary/aromatic N) is 1. The van der Waals surface area contributed by atoms with Crippen molar-refractivity contribution in [2.45, 2.75) is 51.5 Å². The Kier molecular flexibility index (Phi) is 6.07. The highest BCUT2D eigenvalue weighted by Gasteiger charge is 2.24. The molecule has 2 rings (SSSR count). The van der Waals surface area contributed by atoms with Crippen molar-refractivity contribution in [1.82, 2.24) is 10.3 Å². The molecule has 1 heterocycles. The topological polar surface area (TPSA) is 85.1 Å². The molecule has 1 fully saturated rings. The molecule has 1 saturated carbocycles. The molecule has 1 aromatic rings. The normalized spacial score (nSPS) is 21.4. The molecule has 0 bridgehead atoms. The van der Waals surface area contributed by atoms with Gasteiger partial charge in [-0.2, -0.15) is 0 Å². The monoisotopic (exact) mass is 303 g/mol. The average molecular weight is 303 g/mol. The number of pyridine rings is 1. The van der Waals surface area contributed by atoms with Crippen LogP contribution in [-0.2, 0) is 4.79 Å². The maximum absolute atomic E-state index is 12.3. The van der Waals surface area contributed by atoms with Crippen molar-refractivity contribution in [2.24, 2.45) is 11.7 Å². The number of amides is 1. The molecule has 1 aromatic heterocycles. The zero-order valence-corrected chi connectivity index (χ0v) is 13.2. The first-order valence-electron chi connectivity index (χ1n) is 8.02. The van der Waals surface area contributed by atoms with E-state index in [1.807, 2.05) is 13.0 Å². The zero-order valence-electron chi connectivity index (χ0n) is 13.2. The van der Waals surface area contributed by atoms with Gasteiger partial charge in [0.1, 0.15) is 0 Å². The molecule has 5 nitrogen and oxygen atoms in total. The molecule has 1 aliphatic rings. The molecular formula is C17H25N3O2.